The second-order valence-corrected chi connectivity index (χ2v) is 5.76. The molecule has 100 valence electrons. The van der Waals surface area contributed by atoms with Crippen LogP contribution in [-0.2, 0) is 14.3 Å². The summed E-state index contributed by atoms with van der Waals surface area (Å²) < 4.78 is 11.0. The number of ether oxygens (including phenoxy) is 2. The molecule has 1 rings (SSSR count). The molecule has 0 spiro atoms. The fourth-order valence-electron chi connectivity index (χ4n) is 2.19. The maximum absolute atomic E-state index is 12.2. The highest BCUT2D eigenvalue weighted by Gasteiger charge is 2.40. The van der Waals surface area contributed by atoms with E-state index in [1.54, 1.807) is 7.11 Å². The molecule has 0 unspecified atom stereocenters. The molecule has 1 aliphatic carbocycles. The molecule has 1 aliphatic rings. The zero-order chi connectivity index (χ0) is 12.9. The summed E-state index contributed by atoms with van der Waals surface area (Å²) in [5, 5.41) is 0. The van der Waals surface area contributed by atoms with Crippen LogP contribution in [-0.4, -0.2) is 25.3 Å². The zero-order valence-corrected chi connectivity index (χ0v) is 11.7. The number of hydrogen-bond donors (Lipinski definition) is 0. The van der Waals surface area contributed by atoms with Gasteiger partial charge in [0.25, 0.3) is 0 Å². The third-order valence-corrected chi connectivity index (χ3v) is 4.02. The van der Waals surface area contributed by atoms with Crippen molar-refractivity contribution in [2.24, 2.45) is 5.41 Å². The van der Waals surface area contributed by atoms with Gasteiger partial charge < -0.3 is 9.47 Å². The lowest BCUT2D eigenvalue weighted by molar-refractivity contribution is -0.172. The highest BCUT2D eigenvalue weighted by Crippen LogP contribution is 2.38. The van der Waals surface area contributed by atoms with E-state index in [1.165, 1.54) is 0 Å². The van der Waals surface area contributed by atoms with Crippen LogP contribution < -0.4 is 0 Å². The van der Waals surface area contributed by atoms with Crippen LogP contribution in [0.1, 0.15) is 59.3 Å². The number of carbonyl (C=O) groups is 1. The van der Waals surface area contributed by atoms with Gasteiger partial charge in [0.2, 0.25) is 0 Å². The van der Waals surface area contributed by atoms with E-state index in [1.807, 2.05) is 20.8 Å². The lowest BCUT2D eigenvalue weighted by Crippen LogP contribution is -2.38. The largest absolute Gasteiger partial charge is 0.459 e. The van der Waals surface area contributed by atoms with Crippen LogP contribution in [0.5, 0.6) is 0 Å². The molecule has 3 heteroatoms. The summed E-state index contributed by atoms with van der Waals surface area (Å²) in [6.45, 7) is 6.60. The molecule has 0 aliphatic heterocycles. The molecule has 0 atom stereocenters. The van der Waals surface area contributed by atoms with E-state index in [0.717, 1.165) is 38.5 Å². The molecule has 0 heterocycles. The molecule has 0 saturated heterocycles. The van der Waals surface area contributed by atoms with Crippen LogP contribution in [0.2, 0.25) is 0 Å². The van der Waals surface area contributed by atoms with Crippen LogP contribution >= 0.6 is 0 Å². The number of rotatable bonds is 6. The monoisotopic (exact) mass is 242 g/mol. The fourth-order valence-corrected chi connectivity index (χ4v) is 2.19. The Kier molecular flexibility index (Phi) is 4.99. The smallest absolute Gasteiger partial charge is 0.312 e. The molecule has 0 aromatic rings. The summed E-state index contributed by atoms with van der Waals surface area (Å²) in [6.07, 6.45) is 5.93. The first kappa shape index (κ1) is 14.5. The summed E-state index contributed by atoms with van der Waals surface area (Å²) in [5.41, 5.74) is -0.623. The van der Waals surface area contributed by atoms with Gasteiger partial charge in [0.1, 0.15) is 5.60 Å². The zero-order valence-electron chi connectivity index (χ0n) is 11.7. The van der Waals surface area contributed by atoms with E-state index >= 15 is 0 Å². The van der Waals surface area contributed by atoms with Gasteiger partial charge in [-0.25, -0.2) is 0 Å². The molecule has 0 bridgehead atoms. The topological polar surface area (TPSA) is 35.5 Å². The minimum atomic E-state index is -0.372. The van der Waals surface area contributed by atoms with Crippen molar-refractivity contribution in [1.29, 1.82) is 0 Å². The van der Waals surface area contributed by atoms with Gasteiger partial charge in [-0.05, 0) is 46.0 Å². The predicted molar refractivity (Wildman–Crippen MR) is 67.9 cm³/mol. The van der Waals surface area contributed by atoms with Gasteiger partial charge in [-0.15, -0.1) is 0 Å². The van der Waals surface area contributed by atoms with Gasteiger partial charge >= 0.3 is 5.97 Å². The van der Waals surface area contributed by atoms with Gasteiger partial charge in [-0.2, -0.15) is 0 Å². The molecular formula is C14H26O3. The summed E-state index contributed by atoms with van der Waals surface area (Å²) in [7, 11) is 1.69. The molecule has 17 heavy (non-hydrogen) atoms. The van der Waals surface area contributed by atoms with Gasteiger partial charge in [0, 0.05) is 20.1 Å². The molecule has 1 fully saturated rings. The van der Waals surface area contributed by atoms with Crippen molar-refractivity contribution in [3.05, 3.63) is 0 Å². The summed E-state index contributed by atoms with van der Waals surface area (Å²) in [4.78, 5) is 12.2. The standard InChI is InChI=1S/C14H26O3/c1-5-13(2,3)12(15)17-14(10-11-16-4)8-6-7-9-14/h5-11H2,1-4H3. The summed E-state index contributed by atoms with van der Waals surface area (Å²) in [5.74, 6) is -0.0574. The molecular weight excluding hydrogens is 216 g/mol. The number of methoxy groups -OCH3 is 1. The average molecular weight is 242 g/mol. The van der Waals surface area contributed by atoms with Crippen molar-refractivity contribution >= 4 is 5.97 Å². The van der Waals surface area contributed by atoms with E-state index < -0.39 is 0 Å². The third-order valence-electron chi connectivity index (χ3n) is 4.02. The van der Waals surface area contributed by atoms with Crippen LogP contribution in [0, 0.1) is 5.41 Å². The Hall–Kier alpha value is -0.570. The highest BCUT2D eigenvalue weighted by molar-refractivity contribution is 5.76. The normalized spacial score (nSPS) is 19.3. The Bertz CT molecular complexity index is 252. The number of hydrogen-bond acceptors (Lipinski definition) is 3. The SMILES string of the molecule is CCC(C)(C)C(=O)OC1(CCOC)CCCC1. The molecule has 0 aromatic carbocycles. The fraction of sp³-hybridized carbons (Fsp3) is 0.929. The van der Waals surface area contributed by atoms with Crippen LogP contribution in [0.3, 0.4) is 0 Å². The van der Waals surface area contributed by atoms with Crippen molar-refractivity contribution in [1.82, 2.24) is 0 Å². The van der Waals surface area contributed by atoms with Crippen LogP contribution in [0.25, 0.3) is 0 Å². The highest BCUT2D eigenvalue weighted by atomic mass is 16.6. The molecule has 0 radical (unpaired) electrons. The van der Waals surface area contributed by atoms with Crippen LogP contribution in [0.15, 0.2) is 0 Å². The Morgan fingerprint density at radius 3 is 2.35 bits per heavy atom. The predicted octanol–water partition coefficient (Wildman–Crippen LogP) is 3.32. The quantitative estimate of drug-likeness (QED) is 0.670. The Morgan fingerprint density at radius 2 is 1.88 bits per heavy atom. The van der Waals surface area contributed by atoms with E-state index in [0.29, 0.717) is 6.61 Å². The molecule has 0 amide bonds. The average Bonchev–Trinajstić information content (AvgIpc) is 2.75. The number of esters is 1. The van der Waals surface area contributed by atoms with Gasteiger partial charge in [-0.3, -0.25) is 4.79 Å². The second-order valence-electron chi connectivity index (χ2n) is 5.76. The molecule has 0 N–H and O–H groups in total. The summed E-state index contributed by atoms with van der Waals surface area (Å²) in [6, 6.07) is 0. The molecule has 3 nitrogen and oxygen atoms in total. The molecule has 1 saturated carbocycles. The van der Waals surface area contributed by atoms with E-state index in [4.69, 9.17) is 9.47 Å². The maximum atomic E-state index is 12.2. The third kappa shape index (κ3) is 3.70. The first-order chi connectivity index (χ1) is 7.96. The van der Waals surface area contributed by atoms with Gasteiger partial charge in [0.05, 0.1) is 5.41 Å². The Balaban J connectivity index is 2.64. The van der Waals surface area contributed by atoms with Crippen molar-refractivity contribution in [2.45, 2.75) is 64.9 Å². The van der Waals surface area contributed by atoms with Gasteiger partial charge in [0.15, 0.2) is 0 Å². The van der Waals surface area contributed by atoms with Crippen molar-refractivity contribution in [2.75, 3.05) is 13.7 Å². The first-order valence-corrected chi connectivity index (χ1v) is 6.68. The minimum absolute atomic E-state index is 0.0574. The summed E-state index contributed by atoms with van der Waals surface area (Å²) >= 11 is 0. The first-order valence-electron chi connectivity index (χ1n) is 6.68. The Morgan fingerprint density at radius 1 is 1.29 bits per heavy atom. The van der Waals surface area contributed by atoms with Crippen molar-refractivity contribution < 1.29 is 14.3 Å². The Labute approximate surface area is 105 Å². The van der Waals surface area contributed by atoms with Gasteiger partial charge in [-0.1, -0.05) is 6.92 Å². The molecule has 0 aromatic heterocycles. The second kappa shape index (κ2) is 5.85. The lowest BCUT2D eigenvalue weighted by atomic mass is 9.89. The van der Waals surface area contributed by atoms with Crippen molar-refractivity contribution in [3.63, 3.8) is 0 Å². The van der Waals surface area contributed by atoms with Crippen LogP contribution in [0.4, 0.5) is 0 Å². The maximum Gasteiger partial charge on any atom is 0.312 e. The van der Waals surface area contributed by atoms with E-state index in [2.05, 4.69) is 0 Å². The lowest BCUT2D eigenvalue weighted by Gasteiger charge is -2.33. The minimum Gasteiger partial charge on any atom is -0.459 e. The number of carbonyl (C=O) groups excluding carboxylic acids is 1. The van der Waals surface area contributed by atoms with E-state index in [9.17, 15) is 4.79 Å². The van der Waals surface area contributed by atoms with Crippen molar-refractivity contribution in [3.8, 4) is 0 Å². The van der Waals surface area contributed by atoms with E-state index in [-0.39, 0.29) is 17.0 Å².